The van der Waals surface area contributed by atoms with E-state index in [-0.39, 0.29) is 41.1 Å². The number of phenolic OH excluding ortho intramolecular Hbond substituents is 1. The molecule has 6 nitrogen and oxygen atoms in total. The van der Waals surface area contributed by atoms with E-state index >= 15 is 0 Å². The summed E-state index contributed by atoms with van der Waals surface area (Å²) in [4.78, 5) is 35.9. The van der Waals surface area contributed by atoms with E-state index in [1.54, 1.807) is 19.1 Å². The van der Waals surface area contributed by atoms with Gasteiger partial charge in [-0.1, -0.05) is 52.0 Å². The van der Waals surface area contributed by atoms with E-state index < -0.39 is 17.9 Å². The van der Waals surface area contributed by atoms with Crippen LogP contribution in [0.25, 0.3) is 0 Å². The van der Waals surface area contributed by atoms with Gasteiger partial charge in [0.1, 0.15) is 11.5 Å². The second kappa shape index (κ2) is 8.90. The molecule has 0 amide bonds. The van der Waals surface area contributed by atoms with Gasteiger partial charge >= 0.3 is 5.97 Å². The monoisotopic (exact) mass is 398 g/mol. The number of aliphatic carboxylic acids is 1. The summed E-state index contributed by atoms with van der Waals surface area (Å²) in [5.74, 6) is -2.20. The number of carbonyl (C=O) groups excluding carboxylic acids is 2. The highest BCUT2D eigenvalue weighted by Gasteiger charge is 2.21. The van der Waals surface area contributed by atoms with Gasteiger partial charge in [-0.2, -0.15) is 0 Å². The van der Waals surface area contributed by atoms with Crippen LogP contribution in [0.3, 0.4) is 0 Å². The van der Waals surface area contributed by atoms with Crippen molar-refractivity contribution in [3.63, 3.8) is 0 Å². The fourth-order valence-corrected chi connectivity index (χ4v) is 2.79. The van der Waals surface area contributed by atoms with Gasteiger partial charge in [0.05, 0.1) is 12.0 Å². The van der Waals surface area contributed by atoms with Crippen LogP contribution in [0.5, 0.6) is 11.5 Å². The van der Waals surface area contributed by atoms with Crippen molar-refractivity contribution in [3.05, 3.63) is 59.2 Å². The maximum absolute atomic E-state index is 12.5. The van der Waals surface area contributed by atoms with E-state index in [4.69, 9.17) is 9.84 Å². The lowest BCUT2D eigenvalue weighted by Crippen LogP contribution is -2.25. The largest absolute Gasteiger partial charge is 0.507 e. The molecule has 1 unspecified atom stereocenters. The van der Waals surface area contributed by atoms with Crippen molar-refractivity contribution in [2.45, 2.75) is 52.1 Å². The van der Waals surface area contributed by atoms with E-state index in [2.05, 4.69) is 20.8 Å². The van der Waals surface area contributed by atoms with Gasteiger partial charge in [-0.25, -0.2) is 4.79 Å². The Labute approximate surface area is 170 Å². The van der Waals surface area contributed by atoms with Crippen molar-refractivity contribution in [3.8, 4) is 11.5 Å². The molecule has 0 aliphatic heterocycles. The second-order valence-corrected chi connectivity index (χ2v) is 7.88. The van der Waals surface area contributed by atoms with Crippen LogP contribution in [-0.4, -0.2) is 33.9 Å². The van der Waals surface area contributed by atoms with Crippen LogP contribution in [0.1, 0.15) is 66.8 Å². The van der Waals surface area contributed by atoms with E-state index in [0.29, 0.717) is 5.56 Å². The topological polar surface area (TPSA) is 101 Å². The average Bonchev–Trinajstić information content (AvgIpc) is 2.65. The summed E-state index contributed by atoms with van der Waals surface area (Å²) >= 11 is 0. The fourth-order valence-electron chi connectivity index (χ4n) is 2.79. The van der Waals surface area contributed by atoms with Crippen LogP contribution in [0.2, 0.25) is 0 Å². The molecule has 0 aliphatic rings. The molecule has 29 heavy (non-hydrogen) atoms. The van der Waals surface area contributed by atoms with Crippen molar-refractivity contribution in [2.24, 2.45) is 0 Å². The van der Waals surface area contributed by atoms with Crippen molar-refractivity contribution < 1.29 is 29.3 Å². The highest BCUT2D eigenvalue weighted by Crippen LogP contribution is 2.27. The van der Waals surface area contributed by atoms with Gasteiger partial charge in [0.25, 0.3) is 0 Å². The number of carboxylic acid groups (broad SMARTS) is 1. The Bertz CT molecular complexity index is 906. The first-order valence-corrected chi connectivity index (χ1v) is 9.42. The summed E-state index contributed by atoms with van der Waals surface area (Å²) in [6.45, 7) is 7.88. The molecule has 0 bridgehead atoms. The Kier molecular flexibility index (Phi) is 6.80. The quantitative estimate of drug-likeness (QED) is 0.505. The number of aromatic hydroxyl groups is 1. The molecule has 0 saturated carbocycles. The number of carbonyl (C=O) groups is 3. The minimum Gasteiger partial charge on any atom is -0.507 e. The van der Waals surface area contributed by atoms with Crippen molar-refractivity contribution in [2.75, 3.05) is 0 Å². The van der Waals surface area contributed by atoms with Crippen LogP contribution in [0, 0.1) is 0 Å². The predicted molar refractivity (Wildman–Crippen MR) is 109 cm³/mol. The van der Waals surface area contributed by atoms with Gasteiger partial charge in [-0.05, 0) is 29.5 Å². The molecule has 154 valence electrons. The summed E-state index contributed by atoms with van der Waals surface area (Å²) in [5.41, 5.74) is 1.46. The molecule has 0 heterocycles. The van der Waals surface area contributed by atoms with E-state index in [9.17, 15) is 19.5 Å². The molecule has 0 saturated heterocycles. The maximum atomic E-state index is 12.5. The van der Waals surface area contributed by atoms with E-state index in [1.165, 1.54) is 18.2 Å². The Morgan fingerprint density at radius 1 is 1.00 bits per heavy atom. The molecule has 0 aliphatic carbocycles. The Morgan fingerprint density at radius 2 is 1.62 bits per heavy atom. The molecule has 2 aromatic rings. The van der Waals surface area contributed by atoms with Crippen LogP contribution >= 0.6 is 0 Å². The lowest BCUT2D eigenvalue weighted by molar-refractivity contribution is -0.145. The Hall–Kier alpha value is -3.15. The highest BCUT2D eigenvalue weighted by molar-refractivity contribution is 6.14. The zero-order chi connectivity index (χ0) is 21.8. The highest BCUT2D eigenvalue weighted by atomic mass is 16.5. The Morgan fingerprint density at radius 3 is 2.10 bits per heavy atom. The normalized spacial score (nSPS) is 12.3. The first-order chi connectivity index (χ1) is 13.5. The summed E-state index contributed by atoms with van der Waals surface area (Å²) in [7, 11) is 0. The van der Waals surface area contributed by atoms with Gasteiger partial charge < -0.3 is 14.9 Å². The number of ketones is 2. The number of hydrogen-bond donors (Lipinski definition) is 2. The standard InChI is InChI=1S/C23H26O6/c1-5-21(22(27)28)29-16-10-11-17(19(25)12-16)20(26)13-18(24)14-6-8-15(9-7-14)23(2,3)4/h6-12,21,25H,5,13H2,1-4H3,(H,27,28). The van der Waals surface area contributed by atoms with Gasteiger partial charge in [-0.3, -0.25) is 9.59 Å². The zero-order valence-corrected chi connectivity index (χ0v) is 17.1. The lowest BCUT2D eigenvalue weighted by Gasteiger charge is -2.19. The molecular weight excluding hydrogens is 372 g/mol. The maximum Gasteiger partial charge on any atom is 0.344 e. The molecule has 6 heteroatoms. The summed E-state index contributed by atoms with van der Waals surface area (Å²) in [5, 5.41) is 19.2. The number of rotatable bonds is 8. The molecule has 0 fully saturated rings. The fraction of sp³-hybridized carbons (Fsp3) is 0.348. The third-order valence-corrected chi connectivity index (χ3v) is 4.59. The van der Waals surface area contributed by atoms with Crippen molar-refractivity contribution in [1.29, 1.82) is 0 Å². The van der Waals surface area contributed by atoms with Gasteiger partial charge in [0.2, 0.25) is 0 Å². The third kappa shape index (κ3) is 5.67. The van der Waals surface area contributed by atoms with Gasteiger partial charge in [-0.15, -0.1) is 0 Å². The predicted octanol–water partition coefficient (Wildman–Crippen LogP) is 4.39. The number of phenols is 1. The molecule has 0 spiro atoms. The molecule has 0 radical (unpaired) electrons. The van der Waals surface area contributed by atoms with Crippen molar-refractivity contribution in [1.82, 2.24) is 0 Å². The minimum absolute atomic E-state index is 0.0135. The number of Topliss-reactive ketones (excluding diaryl/α,β-unsaturated/α-hetero) is 2. The molecule has 1 atom stereocenters. The molecule has 2 rings (SSSR count). The number of hydrogen-bond acceptors (Lipinski definition) is 5. The van der Waals surface area contributed by atoms with Gasteiger partial charge in [0, 0.05) is 11.6 Å². The molecular formula is C23H26O6. The van der Waals surface area contributed by atoms with Crippen LogP contribution in [-0.2, 0) is 10.2 Å². The second-order valence-electron chi connectivity index (χ2n) is 7.88. The van der Waals surface area contributed by atoms with Crippen molar-refractivity contribution >= 4 is 17.5 Å². The summed E-state index contributed by atoms with van der Waals surface area (Å²) in [6, 6.07) is 11.1. The number of benzene rings is 2. The SMILES string of the molecule is CCC(Oc1ccc(C(=O)CC(=O)c2ccc(C(C)(C)C)cc2)c(O)c1)C(=O)O. The minimum atomic E-state index is -1.12. The summed E-state index contributed by atoms with van der Waals surface area (Å²) < 4.78 is 5.29. The first kappa shape index (κ1) is 22.1. The van der Waals surface area contributed by atoms with E-state index in [1.807, 2.05) is 12.1 Å². The zero-order valence-electron chi connectivity index (χ0n) is 17.1. The molecule has 2 aromatic carbocycles. The smallest absolute Gasteiger partial charge is 0.344 e. The first-order valence-electron chi connectivity index (χ1n) is 9.42. The number of carboxylic acids is 1. The number of ether oxygens (including phenoxy) is 1. The third-order valence-electron chi connectivity index (χ3n) is 4.59. The average molecular weight is 398 g/mol. The Balaban J connectivity index is 2.10. The summed E-state index contributed by atoms with van der Waals surface area (Å²) in [6.07, 6.45) is -1.18. The molecule has 0 aromatic heterocycles. The van der Waals surface area contributed by atoms with E-state index in [0.717, 1.165) is 5.56 Å². The van der Waals surface area contributed by atoms with Gasteiger partial charge in [0.15, 0.2) is 17.7 Å². The van der Waals surface area contributed by atoms with Crippen LogP contribution < -0.4 is 4.74 Å². The van der Waals surface area contributed by atoms with Crippen LogP contribution in [0.15, 0.2) is 42.5 Å². The molecule has 2 N–H and O–H groups in total. The lowest BCUT2D eigenvalue weighted by atomic mass is 9.86. The van der Waals surface area contributed by atoms with Crippen LogP contribution in [0.4, 0.5) is 0 Å².